The van der Waals surface area contributed by atoms with Gasteiger partial charge in [0.05, 0.1) is 12.5 Å². The number of rotatable bonds is 6. The summed E-state index contributed by atoms with van der Waals surface area (Å²) in [6.45, 7) is 4.58. The van der Waals surface area contributed by atoms with Crippen LogP contribution >= 0.6 is 0 Å². The zero-order valence-electron chi connectivity index (χ0n) is 16.5. The van der Waals surface area contributed by atoms with Crippen LogP contribution in [-0.4, -0.2) is 78.7 Å². The van der Waals surface area contributed by atoms with Crippen LogP contribution in [0.3, 0.4) is 0 Å². The van der Waals surface area contributed by atoms with E-state index in [1.54, 1.807) is 7.11 Å². The summed E-state index contributed by atoms with van der Waals surface area (Å²) < 4.78 is 6.88. The van der Waals surface area contributed by atoms with E-state index in [1.165, 1.54) is 0 Å². The van der Waals surface area contributed by atoms with E-state index in [-0.39, 0.29) is 17.7 Å². The predicted molar refractivity (Wildman–Crippen MR) is 104 cm³/mol. The first-order chi connectivity index (χ1) is 13.1. The number of amides is 2. The molecule has 2 saturated heterocycles. The molecule has 3 rings (SSSR count). The molecule has 1 atom stereocenters. The molecule has 2 fully saturated rings. The third kappa shape index (κ3) is 4.90. The van der Waals surface area contributed by atoms with E-state index >= 15 is 0 Å². The maximum Gasteiger partial charge on any atom is 0.270 e. The highest BCUT2D eigenvalue weighted by atomic mass is 16.5. The molecule has 2 aliphatic heterocycles. The van der Waals surface area contributed by atoms with Crippen molar-refractivity contribution in [2.24, 2.45) is 13.0 Å². The maximum absolute atomic E-state index is 12.7. The monoisotopic (exact) mass is 376 g/mol. The van der Waals surface area contributed by atoms with E-state index in [0.29, 0.717) is 19.2 Å². The zero-order valence-corrected chi connectivity index (χ0v) is 16.5. The highest BCUT2D eigenvalue weighted by molar-refractivity contribution is 5.92. The van der Waals surface area contributed by atoms with Crippen molar-refractivity contribution in [3.8, 4) is 0 Å². The van der Waals surface area contributed by atoms with Crippen molar-refractivity contribution in [3.63, 3.8) is 0 Å². The van der Waals surface area contributed by atoms with Crippen molar-refractivity contribution < 1.29 is 14.3 Å². The fraction of sp³-hybridized carbons (Fsp3) is 0.700. The topological polar surface area (TPSA) is 66.8 Å². The first kappa shape index (κ1) is 19.9. The van der Waals surface area contributed by atoms with Crippen molar-refractivity contribution in [2.75, 3.05) is 46.4 Å². The van der Waals surface area contributed by atoms with Gasteiger partial charge in [-0.1, -0.05) is 0 Å². The van der Waals surface area contributed by atoms with Crippen LogP contribution in [0.5, 0.6) is 0 Å². The Bertz CT molecular complexity index is 637. The summed E-state index contributed by atoms with van der Waals surface area (Å²) in [6, 6.07) is 4.26. The molecule has 2 amide bonds. The Morgan fingerprint density at radius 2 is 2.00 bits per heavy atom. The summed E-state index contributed by atoms with van der Waals surface area (Å²) in [5.41, 5.74) is 0.749. The second-order valence-electron chi connectivity index (χ2n) is 7.65. The van der Waals surface area contributed by atoms with Gasteiger partial charge in [0.15, 0.2) is 0 Å². The van der Waals surface area contributed by atoms with Gasteiger partial charge in [0.1, 0.15) is 5.69 Å². The number of piperidine rings is 2. The van der Waals surface area contributed by atoms with Crippen LogP contribution in [0.2, 0.25) is 0 Å². The lowest BCUT2D eigenvalue weighted by Gasteiger charge is -2.42. The fourth-order valence-electron chi connectivity index (χ4n) is 4.25. The fourth-order valence-corrected chi connectivity index (χ4v) is 4.25. The molecular formula is C20H32N4O3. The average molecular weight is 377 g/mol. The second kappa shape index (κ2) is 9.37. The minimum atomic E-state index is 0.0682. The molecule has 0 saturated carbocycles. The number of aryl methyl sites for hydroxylation is 1. The molecule has 0 spiro atoms. The predicted octanol–water partition coefficient (Wildman–Crippen LogP) is 1.10. The Kier molecular flexibility index (Phi) is 6.90. The third-order valence-corrected chi connectivity index (χ3v) is 5.86. The first-order valence-electron chi connectivity index (χ1n) is 10.0. The van der Waals surface area contributed by atoms with Gasteiger partial charge < -0.3 is 19.5 Å². The highest BCUT2D eigenvalue weighted by Crippen LogP contribution is 2.24. The van der Waals surface area contributed by atoms with Crippen LogP contribution in [0.25, 0.3) is 0 Å². The van der Waals surface area contributed by atoms with Gasteiger partial charge in [-0.15, -0.1) is 0 Å². The number of hydrogen-bond acceptors (Lipinski definition) is 4. The molecule has 7 heteroatoms. The largest absolute Gasteiger partial charge is 0.383 e. The van der Waals surface area contributed by atoms with Gasteiger partial charge in [0, 0.05) is 52.6 Å². The molecule has 0 unspecified atom stereocenters. The number of hydrogen-bond donors (Lipinski definition) is 1. The number of nitrogens with zero attached hydrogens (tertiary/aromatic N) is 3. The highest BCUT2D eigenvalue weighted by Gasteiger charge is 2.32. The van der Waals surface area contributed by atoms with Crippen molar-refractivity contribution >= 4 is 11.8 Å². The summed E-state index contributed by atoms with van der Waals surface area (Å²) in [5, 5.41) is 2.97. The van der Waals surface area contributed by atoms with E-state index in [1.807, 2.05) is 34.8 Å². The van der Waals surface area contributed by atoms with Gasteiger partial charge in [-0.05, 0) is 44.4 Å². The smallest absolute Gasteiger partial charge is 0.270 e. The zero-order chi connectivity index (χ0) is 19.2. The molecule has 0 bridgehead atoms. The summed E-state index contributed by atoms with van der Waals surface area (Å²) in [4.78, 5) is 29.4. The molecule has 150 valence electrons. The summed E-state index contributed by atoms with van der Waals surface area (Å²) in [6.07, 6.45) is 5.89. The normalized spacial score (nSPS) is 22.0. The number of ether oxygens (including phenoxy) is 1. The van der Waals surface area contributed by atoms with Crippen molar-refractivity contribution in [2.45, 2.75) is 31.7 Å². The lowest BCUT2D eigenvalue weighted by atomic mass is 9.93. The second-order valence-corrected chi connectivity index (χ2v) is 7.65. The maximum atomic E-state index is 12.7. The van der Waals surface area contributed by atoms with Gasteiger partial charge in [0.25, 0.3) is 5.91 Å². The van der Waals surface area contributed by atoms with Crippen LogP contribution in [0.4, 0.5) is 0 Å². The van der Waals surface area contributed by atoms with Gasteiger partial charge in [-0.3, -0.25) is 14.5 Å². The van der Waals surface area contributed by atoms with Gasteiger partial charge in [-0.25, -0.2) is 0 Å². The first-order valence-corrected chi connectivity index (χ1v) is 10.0. The van der Waals surface area contributed by atoms with Crippen LogP contribution in [0.1, 0.15) is 36.2 Å². The van der Waals surface area contributed by atoms with Gasteiger partial charge in [0.2, 0.25) is 5.91 Å². The van der Waals surface area contributed by atoms with Crippen LogP contribution < -0.4 is 5.32 Å². The molecular weight excluding hydrogens is 344 g/mol. The lowest BCUT2D eigenvalue weighted by Crippen LogP contribution is -2.51. The Hall–Kier alpha value is -1.86. The minimum Gasteiger partial charge on any atom is -0.383 e. The Morgan fingerprint density at radius 1 is 1.22 bits per heavy atom. The summed E-state index contributed by atoms with van der Waals surface area (Å²) >= 11 is 0. The lowest BCUT2D eigenvalue weighted by molar-refractivity contribution is -0.127. The van der Waals surface area contributed by atoms with E-state index in [9.17, 15) is 9.59 Å². The molecule has 0 radical (unpaired) electrons. The van der Waals surface area contributed by atoms with Crippen LogP contribution in [0, 0.1) is 5.92 Å². The third-order valence-electron chi connectivity index (χ3n) is 5.86. The number of nitrogens with one attached hydrogen (secondary N) is 1. The molecule has 0 aromatic carbocycles. The van der Waals surface area contributed by atoms with E-state index < -0.39 is 0 Å². The number of carbonyl (C=O) groups excluding carboxylic acids is 2. The molecule has 2 aliphatic rings. The number of methoxy groups -OCH3 is 1. The molecule has 1 aromatic heterocycles. The number of likely N-dealkylation sites (tertiary alicyclic amines) is 2. The number of carbonyl (C=O) groups is 2. The molecule has 27 heavy (non-hydrogen) atoms. The molecule has 1 N–H and O–H groups in total. The standard InChI is InChI=1S/C20H32N4O3/c1-22-10-4-6-18(22)20(26)23-12-7-17(8-13-23)24-11-3-5-16(15-24)19(25)21-9-14-27-2/h4,6,10,16-17H,3,5,7-9,11-15H2,1-2H3,(H,21,25)/t16-/m1/s1. The molecule has 7 nitrogen and oxygen atoms in total. The molecule has 0 aliphatic carbocycles. The van der Waals surface area contributed by atoms with Crippen LogP contribution in [-0.2, 0) is 16.6 Å². The Labute approximate surface area is 161 Å². The van der Waals surface area contributed by atoms with E-state index in [2.05, 4.69) is 10.2 Å². The summed E-state index contributed by atoms with van der Waals surface area (Å²) in [5.74, 6) is 0.335. The molecule has 3 heterocycles. The van der Waals surface area contributed by atoms with Gasteiger partial charge >= 0.3 is 0 Å². The van der Waals surface area contributed by atoms with Crippen molar-refractivity contribution in [1.82, 2.24) is 19.7 Å². The quantitative estimate of drug-likeness (QED) is 0.755. The number of aromatic nitrogens is 1. The Balaban J connectivity index is 1.48. The van der Waals surface area contributed by atoms with Crippen molar-refractivity contribution in [1.29, 1.82) is 0 Å². The SMILES string of the molecule is COCCNC(=O)[C@@H]1CCCN(C2CCN(C(=O)c3cccn3C)CC2)C1. The van der Waals surface area contributed by atoms with Crippen molar-refractivity contribution in [3.05, 3.63) is 24.0 Å². The van der Waals surface area contributed by atoms with Crippen LogP contribution in [0.15, 0.2) is 18.3 Å². The summed E-state index contributed by atoms with van der Waals surface area (Å²) in [7, 11) is 3.55. The van der Waals surface area contributed by atoms with E-state index in [4.69, 9.17) is 4.74 Å². The molecule has 1 aromatic rings. The average Bonchev–Trinajstić information content (AvgIpc) is 3.13. The Morgan fingerprint density at radius 3 is 2.67 bits per heavy atom. The minimum absolute atomic E-state index is 0.0682. The van der Waals surface area contributed by atoms with Gasteiger partial charge in [-0.2, -0.15) is 0 Å². The van der Waals surface area contributed by atoms with E-state index in [0.717, 1.165) is 57.6 Å².